The third-order valence-corrected chi connectivity index (χ3v) is 4.02. The van der Waals surface area contributed by atoms with E-state index >= 15 is 0 Å². The summed E-state index contributed by atoms with van der Waals surface area (Å²) in [7, 11) is 0. The maximum absolute atomic E-state index is 12.1. The summed E-state index contributed by atoms with van der Waals surface area (Å²) in [5.74, 6) is 0.726. The zero-order chi connectivity index (χ0) is 13.9. The van der Waals surface area contributed by atoms with Gasteiger partial charge in [-0.05, 0) is 31.9 Å². The Morgan fingerprint density at radius 2 is 2.05 bits per heavy atom. The number of H-pyrrole nitrogens is 1. The number of ether oxygens (including phenoxy) is 1. The van der Waals surface area contributed by atoms with E-state index in [1.54, 1.807) is 0 Å². The van der Waals surface area contributed by atoms with Gasteiger partial charge in [0.15, 0.2) is 6.10 Å². The molecular weight excluding hydrogens is 252 g/mol. The monoisotopic (exact) mass is 272 g/mol. The van der Waals surface area contributed by atoms with Crippen LogP contribution in [-0.4, -0.2) is 15.9 Å². The number of hydrogen-bond acceptors (Lipinski definition) is 3. The van der Waals surface area contributed by atoms with Crippen LogP contribution in [-0.2, 0) is 9.53 Å². The first-order chi connectivity index (χ1) is 9.74. The van der Waals surface area contributed by atoms with E-state index in [2.05, 4.69) is 9.97 Å². The van der Waals surface area contributed by atoms with Gasteiger partial charge in [0.2, 0.25) is 0 Å². The number of esters is 1. The van der Waals surface area contributed by atoms with Gasteiger partial charge in [-0.25, -0.2) is 4.98 Å². The highest BCUT2D eigenvalue weighted by molar-refractivity contribution is 5.75. The van der Waals surface area contributed by atoms with Crippen LogP contribution in [0.1, 0.15) is 51.0 Å². The molecule has 1 aliphatic carbocycles. The lowest BCUT2D eigenvalue weighted by Gasteiger charge is -2.21. The summed E-state index contributed by atoms with van der Waals surface area (Å²) in [5.41, 5.74) is 1.88. The van der Waals surface area contributed by atoms with Gasteiger partial charge in [0.25, 0.3) is 0 Å². The van der Waals surface area contributed by atoms with Gasteiger partial charge in [0.1, 0.15) is 5.82 Å². The minimum atomic E-state index is -0.322. The van der Waals surface area contributed by atoms with Crippen molar-refractivity contribution in [1.82, 2.24) is 9.97 Å². The molecule has 0 radical (unpaired) electrons. The molecule has 2 aromatic rings. The third-order valence-electron chi connectivity index (χ3n) is 4.02. The quantitative estimate of drug-likeness (QED) is 0.866. The van der Waals surface area contributed by atoms with Crippen molar-refractivity contribution in [2.24, 2.45) is 5.92 Å². The molecule has 1 aromatic heterocycles. The molecular formula is C16H20N2O2. The number of nitrogens with one attached hydrogen (secondary N) is 1. The lowest BCUT2D eigenvalue weighted by atomic mass is 9.89. The molecule has 20 heavy (non-hydrogen) atoms. The van der Waals surface area contributed by atoms with Crippen LogP contribution in [0.2, 0.25) is 0 Å². The number of aromatic nitrogens is 2. The number of hydrogen-bond donors (Lipinski definition) is 1. The Balaban J connectivity index is 1.68. The standard InChI is InChI=1S/C16H20N2O2/c1-11(20-16(19)12-7-3-2-4-8-12)15-17-13-9-5-6-10-14(13)18-15/h5-6,9-12H,2-4,7-8H2,1H3,(H,17,18)/t11-/m1/s1. The van der Waals surface area contributed by atoms with Crippen molar-refractivity contribution in [3.05, 3.63) is 30.1 Å². The normalized spacial score (nSPS) is 18.1. The highest BCUT2D eigenvalue weighted by atomic mass is 16.5. The highest BCUT2D eigenvalue weighted by Gasteiger charge is 2.25. The number of carbonyl (C=O) groups is 1. The van der Waals surface area contributed by atoms with Gasteiger partial charge in [-0.1, -0.05) is 31.4 Å². The van der Waals surface area contributed by atoms with Gasteiger partial charge in [-0.3, -0.25) is 4.79 Å². The van der Waals surface area contributed by atoms with E-state index in [1.165, 1.54) is 6.42 Å². The number of nitrogens with zero attached hydrogens (tertiary/aromatic N) is 1. The van der Waals surface area contributed by atoms with Crippen LogP contribution in [0.5, 0.6) is 0 Å². The number of imidazole rings is 1. The highest BCUT2D eigenvalue weighted by Crippen LogP contribution is 2.27. The van der Waals surface area contributed by atoms with Crippen LogP contribution in [0, 0.1) is 5.92 Å². The van der Waals surface area contributed by atoms with E-state index in [1.807, 2.05) is 31.2 Å². The fourth-order valence-electron chi connectivity index (χ4n) is 2.83. The molecule has 0 spiro atoms. The van der Waals surface area contributed by atoms with E-state index in [0.717, 1.165) is 42.5 Å². The number of rotatable bonds is 3. The molecule has 1 saturated carbocycles. The molecule has 4 heteroatoms. The van der Waals surface area contributed by atoms with Gasteiger partial charge < -0.3 is 9.72 Å². The Labute approximate surface area is 118 Å². The number of para-hydroxylation sites is 2. The summed E-state index contributed by atoms with van der Waals surface area (Å²) in [6, 6.07) is 7.83. The molecule has 1 fully saturated rings. The minimum Gasteiger partial charge on any atom is -0.454 e. The lowest BCUT2D eigenvalue weighted by Crippen LogP contribution is -2.22. The predicted octanol–water partition coefficient (Wildman–Crippen LogP) is 3.75. The Kier molecular flexibility index (Phi) is 3.72. The number of aromatic amines is 1. The average molecular weight is 272 g/mol. The number of fused-ring (bicyclic) bond motifs is 1. The molecule has 1 aliphatic rings. The van der Waals surface area contributed by atoms with Gasteiger partial charge >= 0.3 is 5.97 Å². The van der Waals surface area contributed by atoms with Crippen molar-refractivity contribution in [3.8, 4) is 0 Å². The first-order valence-electron chi connectivity index (χ1n) is 7.39. The third kappa shape index (κ3) is 2.69. The molecule has 1 aromatic carbocycles. The Morgan fingerprint density at radius 1 is 1.30 bits per heavy atom. The molecule has 1 N–H and O–H groups in total. The topological polar surface area (TPSA) is 55.0 Å². The van der Waals surface area contributed by atoms with Gasteiger partial charge in [0, 0.05) is 0 Å². The molecule has 4 nitrogen and oxygen atoms in total. The molecule has 0 bridgehead atoms. The van der Waals surface area contributed by atoms with Crippen molar-refractivity contribution in [1.29, 1.82) is 0 Å². The molecule has 106 valence electrons. The summed E-state index contributed by atoms with van der Waals surface area (Å²) in [4.78, 5) is 19.8. The number of carbonyl (C=O) groups excluding carboxylic acids is 1. The van der Waals surface area contributed by atoms with Crippen LogP contribution in [0.15, 0.2) is 24.3 Å². The zero-order valence-corrected chi connectivity index (χ0v) is 11.8. The van der Waals surface area contributed by atoms with Crippen molar-refractivity contribution in [2.75, 3.05) is 0 Å². The van der Waals surface area contributed by atoms with Crippen molar-refractivity contribution in [3.63, 3.8) is 0 Å². The molecule has 0 saturated heterocycles. The largest absolute Gasteiger partial charge is 0.454 e. The molecule has 3 rings (SSSR count). The second kappa shape index (κ2) is 5.65. The SMILES string of the molecule is C[C@@H](OC(=O)C1CCCCC1)c1nc2ccccc2[nH]1. The van der Waals surface area contributed by atoms with Gasteiger partial charge in [0.05, 0.1) is 17.0 Å². The summed E-state index contributed by atoms with van der Waals surface area (Å²) < 4.78 is 5.57. The van der Waals surface area contributed by atoms with E-state index in [4.69, 9.17) is 4.74 Å². The first kappa shape index (κ1) is 13.2. The second-order valence-electron chi connectivity index (χ2n) is 5.55. The van der Waals surface area contributed by atoms with Gasteiger partial charge in [-0.15, -0.1) is 0 Å². The fourth-order valence-corrected chi connectivity index (χ4v) is 2.83. The molecule has 0 unspecified atom stereocenters. The summed E-state index contributed by atoms with van der Waals surface area (Å²) in [6.07, 6.45) is 5.12. The Bertz CT molecular complexity index is 566. The molecule has 1 atom stereocenters. The first-order valence-corrected chi connectivity index (χ1v) is 7.39. The second-order valence-corrected chi connectivity index (χ2v) is 5.55. The van der Waals surface area contributed by atoms with Crippen molar-refractivity contribution >= 4 is 17.0 Å². The summed E-state index contributed by atoms with van der Waals surface area (Å²) in [5, 5.41) is 0. The van der Waals surface area contributed by atoms with Crippen LogP contribution in [0.25, 0.3) is 11.0 Å². The molecule has 0 aliphatic heterocycles. The summed E-state index contributed by atoms with van der Waals surface area (Å²) >= 11 is 0. The maximum atomic E-state index is 12.1. The molecule has 1 heterocycles. The van der Waals surface area contributed by atoms with Gasteiger partial charge in [-0.2, -0.15) is 0 Å². The lowest BCUT2D eigenvalue weighted by molar-refractivity contribution is -0.155. The van der Waals surface area contributed by atoms with E-state index in [-0.39, 0.29) is 18.0 Å². The van der Waals surface area contributed by atoms with E-state index in [9.17, 15) is 4.79 Å². The predicted molar refractivity (Wildman–Crippen MR) is 77.2 cm³/mol. The van der Waals surface area contributed by atoms with E-state index < -0.39 is 0 Å². The Morgan fingerprint density at radius 3 is 2.80 bits per heavy atom. The smallest absolute Gasteiger partial charge is 0.309 e. The van der Waals surface area contributed by atoms with Crippen LogP contribution < -0.4 is 0 Å². The zero-order valence-electron chi connectivity index (χ0n) is 11.8. The molecule has 0 amide bonds. The maximum Gasteiger partial charge on any atom is 0.309 e. The van der Waals surface area contributed by atoms with Crippen LogP contribution in [0.4, 0.5) is 0 Å². The van der Waals surface area contributed by atoms with Crippen molar-refractivity contribution < 1.29 is 9.53 Å². The van der Waals surface area contributed by atoms with Crippen LogP contribution >= 0.6 is 0 Å². The Hall–Kier alpha value is -1.84. The number of benzene rings is 1. The van der Waals surface area contributed by atoms with Crippen LogP contribution in [0.3, 0.4) is 0 Å². The van der Waals surface area contributed by atoms with E-state index in [0.29, 0.717) is 0 Å². The van der Waals surface area contributed by atoms with Crippen molar-refractivity contribution in [2.45, 2.75) is 45.1 Å². The minimum absolute atomic E-state index is 0.0716. The summed E-state index contributed by atoms with van der Waals surface area (Å²) in [6.45, 7) is 1.87. The fraction of sp³-hybridized carbons (Fsp3) is 0.500. The average Bonchev–Trinajstić information content (AvgIpc) is 2.92.